The Bertz CT molecular complexity index is 1370. The Morgan fingerprint density at radius 3 is 2.50 bits per heavy atom. The van der Waals surface area contributed by atoms with Gasteiger partial charge in [0.2, 0.25) is 0 Å². The maximum atomic E-state index is 12.5. The molecule has 0 unspecified atom stereocenters. The highest BCUT2D eigenvalue weighted by molar-refractivity contribution is 7.99. The van der Waals surface area contributed by atoms with E-state index in [1.807, 2.05) is 47.9 Å². The van der Waals surface area contributed by atoms with Gasteiger partial charge in [-0.1, -0.05) is 53.2 Å². The molecule has 0 atom stereocenters. The molecule has 1 heterocycles. The number of carbonyl (C=O) groups excluding carboxylic acids is 1. The van der Waals surface area contributed by atoms with Crippen LogP contribution in [0.4, 0.5) is 0 Å². The molecule has 3 aromatic carbocycles. The van der Waals surface area contributed by atoms with Crippen molar-refractivity contribution in [3.8, 4) is 28.6 Å². The Morgan fingerprint density at radius 1 is 1.06 bits per heavy atom. The third-order valence-electron chi connectivity index (χ3n) is 5.19. The molecule has 1 N–H and O–H groups in total. The molecule has 0 saturated heterocycles. The number of aryl methyl sites for hydroxylation is 1. The Kier molecular flexibility index (Phi) is 8.24. The number of aromatic nitrogens is 3. The van der Waals surface area contributed by atoms with Crippen molar-refractivity contribution in [3.05, 3.63) is 82.9 Å². The van der Waals surface area contributed by atoms with Crippen molar-refractivity contribution in [3.63, 3.8) is 0 Å². The highest BCUT2D eigenvalue weighted by atomic mass is 35.5. The van der Waals surface area contributed by atoms with Gasteiger partial charge in [-0.3, -0.25) is 9.36 Å². The normalized spacial score (nSPS) is 11.0. The van der Waals surface area contributed by atoms with Crippen LogP contribution in [-0.4, -0.2) is 46.9 Å². The first-order chi connectivity index (χ1) is 17.5. The van der Waals surface area contributed by atoms with Gasteiger partial charge in [-0.15, -0.1) is 10.2 Å². The Labute approximate surface area is 218 Å². The maximum absolute atomic E-state index is 12.5. The summed E-state index contributed by atoms with van der Waals surface area (Å²) in [6.07, 6.45) is 1.51. The Morgan fingerprint density at radius 2 is 1.81 bits per heavy atom. The standard InChI is InChI=1S/C26H24ClN5O3S/c1-17-4-6-18(7-5-17)25-30-31-26(32(25)21-10-8-20(27)9-11-21)36-16-24(33)29-28-15-19-14-22(34-2)12-13-23(19)35-3/h4-15H,16H2,1-3H3,(H,29,33)/b28-15+. The van der Waals surface area contributed by atoms with Gasteiger partial charge in [-0.25, -0.2) is 5.43 Å². The summed E-state index contributed by atoms with van der Waals surface area (Å²) in [5.41, 5.74) is 6.12. The molecule has 4 rings (SSSR count). The molecule has 0 spiro atoms. The van der Waals surface area contributed by atoms with Crippen molar-refractivity contribution in [2.24, 2.45) is 5.10 Å². The van der Waals surface area contributed by atoms with Crippen LogP contribution in [0.25, 0.3) is 17.1 Å². The average molecular weight is 522 g/mol. The number of benzene rings is 3. The lowest BCUT2D eigenvalue weighted by molar-refractivity contribution is -0.118. The van der Waals surface area contributed by atoms with Crippen LogP contribution < -0.4 is 14.9 Å². The van der Waals surface area contributed by atoms with Crippen molar-refractivity contribution >= 4 is 35.5 Å². The predicted molar refractivity (Wildman–Crippen MR) is 143 cm³/mol. The van der Waals surface area contributed by atoms with Crippen molar-refractivity contribution in [1.82, 2.24) is 20.2 Å². The van der Waals surface area contributed by atoms with E-state index in [-0.39, 0.29) is 11.7 Å². The summed E-state index contributed by atoms with van der Waals surface area (Å²) in [5.74, 6) is 1.74. The minimum absolute atomic E-state index is 0.0895. The molecule has 10 heteroatoms. The fourth-order valence-corrected chi connectivity index (χ4v) is 4.22. The molecule has 36 heavy (non-hydrogen) atoms. The molecule has 4 aromatic rings. The molecule has 0 radical (unpaired) electrons. The minimum atomic E-state index is -0.291. The van der Waals surface area contributed by atoms with E-state index in [9.17, 15) is 4.79 Å². The number of amides is 1. The molecule has 1 aromatic heterocycles. The zero-order chi connectivity index (χ0) is 25.5. The summed E-state index contributed by atoms with van der Waals surface area (Å²) in [5, 5.41) is 14.0. The molecule has 8 nitrogen and oxygen atoms in total. The van der Waals surface area contributed by atoms with E-state index in [0.717, 1.165) is 16.8 Å². The van der Waals surface area contributed by atoms with Crippen molar-refractivity contribution < 1.29 is 14.3 Å². The third-order valence-corrected chi connectivity index (χ3v) is 6.37. The molecule has 0 aliphatic rings. The van der Waals surface area contributed by atoms with Crippen molar-refractivity contribution in [1.29, 1.82) is 0 Å². The van der Waals surface area contributed by atoms with Crippen LogP contribution in [0.1, 0.15) is 11.1 Å². The second-order valence-electron chi connectivity index (χ2n) is 7.67. The maximum Gasteiger partial charge on any atom is 0.250 e. The van der Waals surface area contributed by atoms with Gasteiger partial charge in [0, 0.05) is 21.8 Å². The number of halogens is 1. The monoisotopic (exact) mass is 521 g/mol. The van der Waals surface area contributed by atoms with Gasteiger partial charge < -0.3 is 9.47 Å². The number of carbonyl (C=O) groups is 1. The van der Waals surface area contributed by atoms with Crippen molar-refractivity contribution in [2.75, 3.05) is 20.0 Å². The van der Waals surface area contributed by atoms with E-state index in [1.54, 1.807) is 44.6 Å². The van der Waals surface area contributed by atoms with E-state index >= 15 is 0 Å². The minimum Gasteiger partial charge on any atom is -0.497 e. The second-order valence-corrected chi connectivity index (χ2v) is 9.05. The number of ether oxygens (including phenoxy) is 2. The number of thioether (sulfide) groups is 1. The highest BCUT2D eigenvalue weighted by Crippen LogP contribution is 2.29. The van der Waals surface area contributed by atoms with Gasteiger partial charge in [0.15, 0.2) is 11.0 Å². The summed E-state index contributed by atoms with van der Waals surface area (Å²) < 4.78 is 12.5. The first kappa shape index (κ1) is 25.3. The fraction of sp³-hybridized carbons (Fsp3) is 0.154. The van der Waals surface area contributed by atoms with E-state index in [1.165, 1.54) is 18.0 Å². The van der Waals surface area contributed by atoms with Crippen LogP contribution in [0, 0.1) is 6.92 Å². The Balaban J connectivity index is 1.50. The molecule has 1 amide bonds. The van der Waals surface area contributed by atoms with E-state index < -0.39 is 0 Å². The van der Waals surface area contributed by atoms with Gasteiger partial charge in [0.05, 0.1) is 26.2 Å². The summed E-state index contributed by atoms with van der Waals surface area (Å²) >= 11 is 7.35. The van der Waals surface area contributed by atoms with Gasteiger partial charge in [0.25, 0.3) is 5.91 Å². The molecule has 0 bridgehead atoms. The molecular weight excluding hydrogens is 498 g/mol. The topological polar surface area (TPSA) is 90.6 Å². The van der Waals surface area contributed by atoms with Crippen LogP contribution in [0.3, 0.4) is 0 Å². The van der Waals surface area contributed by atoms with E-state index in [0.29, 0.717) is 33.1 Å². The first-order valence-electron chi connectivity index (χ1n) is 10.9. The van der Waals surface area contributed by atoms with Crippen LogP contribution in [0.2, 0.25) is 5.02 Å². The summed E-state index contributed by atoms with van der Waals surface area (Å²) in [4.78, 5) is 12.5. The number of rotatable bonds is 9. The number of hydrazone groups is 1. The molecule has 0 fully saturated rings. The molecule has 0 aliphatic heterocycles. The lowest BCUT2D eigenvalue weighted by atomic mass is 10.1. The van der Waals surface area contributed by atoms with Gasteiger partial charge in [0.1, 0.15) is 11.5 Å². The third kappa shape index (κ3) is 6.05. The summed E-state index contributed by atoms with van der Waals surface area (Å²) in [7, 11) is 3.14. The number of hydrogen-bond donors (Lipinski definition) is 1. The van der Waals surface area contributed by atoms with Gasteiger partial charge >= 0.3 is 0 Å². The summed E-state index contributed by atoms with van der Waals surface area (Å²) in [6, 6.07) is 20.7. The van der Waals surface area contributed by atoms with Crippen LogP contribution in [0.15, 0.2) is 77.0 Å². The van der Waals surface area contributed by atoms with Crippen LogP contribution >= 0.6 is 23.4 Å². The van der Waals surface area contributed by atoms with Crippen molar-refractivity contribution in [2.45, 2.75) is 12.1 Å². The molecular formula is C26H24ClN5O3S. The molecule has 0 saturated carbocycles. The highest BCUT2D eigenvalue weighted by Gasteiger charge is 2.17. The Hall–Kier alpha value is -3.82. The smallest absolute Gasteiger partial charge is 0.250 e. The largest absolute Gasteiger partial charge is 0.497 e. The van der Waals surface area contributed by atoms with Crippen LogP contribution in [0.5, 0.6) is 11.5 Å². The second kappa shape index (κ2) is 11.7. The predicted octanol–water partition coefficient (Wildman–Crippen LogP) is 5.16. The number of methoxy groups -OCH3 is 2. The summed E-state index contributed by atoms with van der Waals surface area (Å²) in [6.45, 7) is 2.03. The quantitative estimate of drug-likeness (QED) is 0.186. The number of nitrogens with one attached hydrogen (secondary N) is 1. The SMILES string of the molecule is COc1ccc(OC)c(/C=N/NC(=O)CSc2nnc(-c3ccc(C)cc3)n2-c2ccc(Cl)cc2)c1. The lowest BCUT2D eigenvalue weighted by Crippen LogP contribution is -2.20. The molecule has 184 valence electrons. The van der Waals surface area contributed by atoms with Crippen LogP contribution in [-0.2, 0) is 4.79 Å². The lowest BCUT2D eigenvalue weighted by Gasteiger charge is -2.10. The van der Waals surface area contributed by atoms with Gasteiger partial charge in [-0.05, 0) is 49.4 Å². The first-order valence-corrected chi connectivity index (χ1v) is 12.3. The number of hydrogen-bond acceptors (Lipinski definition) is 7. The average Bonchev–Trinajstić information content (AvgIpc) is 3.32. The fourth-order valence-electron chi connectivity index (χ4n) is 3.35. The van der Waals surface area contributed by atoms with Gasteiger partial charge in [-0.2, -0.15) is 5.10 Å². The number of nitrogens with zero attached hydrogens (tertiary/aromatic N) is 4. The van der Waals surface area contributed by atoms with E-state index in [4.69, 9.17) is 21.1 Å². The zero-order valence-corrected chi connectivity index (χ0v) is 21.5. The zero-order valence-electron chi connectivity index (χ0n) is 19.9. The molecule has 0 aliphatic carbocycles. The van der Waals surface area contributed by atoms with E-state index in [2.05, 4.69) is 20.7 Å².